The summed E-state index contributed by atoms with van der Waals surface area (Å²) < 4.78 is 0. The molecule has 1 aromatic rings. The van der Waals surface area contributed by atoms with Gasteiger partial charge in [-0.05, 0) is 17.4 Å². The Morgan fingerprint density at radius 3 is 2.33 bits per heavy atom. The van der Waals surface area contributed by atoms with Gasteiger partial charge < -0.3 is 10.6 Å². The number of amides is 1. The van der Waals surface area contributed by atoms with E-state index >= 15 is 0 Å². The van der Waals surface area contributed by atoms with Gasteiger partial charge in [-0.1, -0.05) is 51.1 Å². The first kappa shape index (κ1) is 14.7. The van der Waals surface area contributed by atoms with Crippen LogP contribution in [0, 0.1) is 5.41 Å². The second-order valence-corrected chi connectivity index (χ2v) is 6.05. The van der Waals surface area contributed by atoms with E-state index in [0.717, 1.165) is 5.56 Å². The number of hydrogen-bond donors (Lipinski definition) is 1. The van der Waals surface area contributed by atoms with E-state index in [1.54, 1.807) is 4.90 Å². The maximum atomic E-state index is 12.1. The van der Waals surface area contributed by atoms with Gasteiger partial charge in [-0.3, -0.25) is 4.79 Å². The standard InChI is InChI=1S/C15H24N2O/c1-15(2,3)11-17(4)14(18)13(16)10-12-8-6-5-7-9-12/h5-9,13H,10-11,16H2,1-4H3/t13-/m1/s1. The molecule has 0 aliphatic rings. The second-order valence-electron chi connectivity index (χ2n) is 6.05. The topological polar surface area (TPSA) is 46.3 Å². The Balaban J connectivity index is 2.56. The van der Waals surface area contributed by atoms with E-state index in [0.29, 0.717) is 13.0 Å². The number of nitrogens with two attached hydrogens (primary N) is 1. The first-order valence-corrected chi connectivity index (χ1v) is 6.34. The smallest absolute Gasteiger partial charge is 0.239 e. The fourth-order valence-electron chi connectivity index (χ4n) is 2.03. The molecular weight excluding hydrogens is 224 g/mol. The van der Waals surface area contributed by atoms with E-state index in [2.05, 4.69) is 20.8 Å². The second kappa shape index (κ2) is 6.01. The fourth-order valence-corrected chi connectivity index (χ4v) is 2.03. The van der Waals surface area contributed by atoms with Crippen molar-refractivity contribution in [1.29, 1.82) is 0 Å². The van der Waals surface area contributed by atoms with Gasteiger partial charge in [0.1, 0.15) is 0 Å². The number of hydrogen-bond acceptors (Lipinski definition) is 2. The summed E-state index contributed by atoms with van der Waals surface area (Å²) in [5.74, 6) is 0.00813. The van der Waals surface area contributed by atoms with Crippen LogP contribution in [0.5, 0.6) is 0 Å². The van der Waals surface area contributed by atoms with Gasteiger partial charge >= 0.3 is 0 Å². The molecule has 0 saturated heterocycles. The van der Waals surface area contributed by atoms with E-state index < -0.39 is 6.04 Å². The summed E-state index contributed by atoms with van der Waals surface area (Å²) in [4.78, 5) is 13.9. The van der Waals surface area contributed by atoms with E-state index in [4.69, 9.17) is 5.73 Å². The van der Waals surface area contributed by atoms with Gasteiger partial charge in [0.25, 0.3) is 0 Å². The Morgan fingerprint density at radius 1 is 1.28 bits per heavy atom. The molecule has 0 spiro atoms. The van der Waals surface area contributed by atoms with Gasteiger partial charge in [0.15, 0.2) is 0 Å². The molecule has 1 aromatic carbocycles. The number of carbonyl (C=O) groups excluding carboxylic acids is 1. The quantitative estimate of drug-likeness (QED) is 0.886. The van der Waals surface area contributed by atoms with Crippen molar-refractivity contribution in [2.75, 3.05) is 13.6 Å². The number of rotatable bonds is 4. The van der Waals surface area contributed by atoms with Crippen LogP contribution in [0.15, 0.2) is 30.3 Å². The fraction of sp³-hybridized carbons (Fsp3) is 0.533. The number of nitrogens with zero attached hydrogens (tertiary/aromatic N) is 1. The van der Waals surface area contributed by atoms with Gasteiger partial charge in [0, 0.05) is 13.6 Å². The average Bonchev–Trinajstić information content (AvgIpc) is 2.27. The zero-order valence-corrected chi connectivity index (χ0v) is 11.8. The average molecular weight is 248 g/mol. The lowest BCUT2D eigenvalue weighted by Gasteiger charge is -2.28. The maximum absolute atomic E-state index is 12.1. The minimum absolute atomic E-state index is 0.00813. The van der Waals surface area contributed by atoms with Crippen LogP contribution < -0.4 is 5.73 Å². The van der Waals surface area contributed by atoms with Crippen LogP contribution >= 0.6 is 0 Å². The summed E-state index contributed by atoms with van der Waals surface area (Å²) in [6, 6.07) is 9.42. The first-order valence-electron chi connectivity index (χ1n) is 6.34. The molecule has 1 atom stereocenters. The summed E-state index contributed by atoms with van der Waals surface area (Å²) in [5.41, 5.74) is 7.17. The lowest BCUT2D eigenvalue weighted by atomic mass is 9.95. The minimum Gasteiger partial charge on any atom is -0.344 e. The van der Waals surface area contributed by atoms with Crippen LogP contribution in [-0.4, -0.2) is 30.4 Å². The maximum Gasteiger partial charge on any atom is 0.239 e. The Hall–Kier alpha value is -1.35. The molecule has 0 heterocycles. The monoisotopic (exact) mass is 248 g/mol. The van der Waals surface area contributed by atoms with Crippen LogP contribution in [0.4, 0.5) is 0 Å². The summed E-state index contributed by atoms with van der Waals surface area (Å²) >= 11 is 0. The predicted octanol–water partition coefficient (Wildman–Crippen LogP) is 2.06. The molecule has 0 saturated carbocycles. The molecule has 0 aliphatic heterocycles. The van der Waals surface area contributed by atoms with E-state index in [9.17, 15) is 4.79 Å². The number of benzene rings is 1. The Morgan fingerprint density at radius 2 is 1.83 bits per heavy atom. The van der Waals surface area contributed by atoms with Crippen LogP contribution in [0.2, 0.25) is 0 Å². The molecule has 100 valence electrons. The third kappa shape index (κ3) is 4.88. The summed E-state index contributed by atoms with van der Waals surface area (Å²) in [6.45, 7) is 7.05. The Kier molecular flexibility index (Phi) is 4.91. The molecule has 1 amide bonds. The zero-order chi connectivity index (χ0) is 13.8. The van der Waals surface area contributed by atoms with Crippen LogP contribution in [0.1, 0.15) is 26.3 Å². The highest BCUT2D eigenvalue weighted by Crippen LogP contribution is 2.15. The molecule has 0 bridgehead atoms. The molecular formula is C15H24N2O. The van der Waals surface area contributed by atoms with Crippen molar-refractivity contribution in [2.24, 2.45) is 11.1 Å². The van der Waals surface area contributed by atoms with Crippen molar-refractivity contribution in [3.05, 3.63) is 35.9 Å². The molecule has 2 N–H and O–H groups in total. The molecule has 0 aliphatic carbocycles. The molecule has 0 fully saturated rings. The molecule has 0 unspecified atom stereocenters. The highest BCUT2D eigenvalue weighted by molar-refractivity contribution is 5.81. The van der Waals surface area contributed by atoms with Gasteiger partial charge in [-0.15, -0.1) is 0 Å². The van der Waals surface area contributed by atoms with Gasteiger partial charge in [-0.25, -0.2) is 0 Å². The van der Waals surface area contributed by atoms with Crippen LogP contribution in [-0.2, 0) is 11.2 Å². The molecule has 18 heavy (non-hydrogen) atoms. The van der Waals surface area contributed by atoms with E-state index in [1.165, 1.54) is 0 Å². The Bertz CT molecular complexity index is 381. The molecule has 3 nitrogen and oxygen atoms in total. The normalized spacial score (nSPS) is 13.2. The van der Waals surface area contributed by atoms with E-state index in [1.807, 2.05) is 37.4 Å². The molecule has 0 aromatic heterocycles. The van der Waals surface area contributed by atoms with Crippen molar-refractivity contribution in [2.45, 2.75) is 33.2 Å². The lowest BCUT2D eigenvalue weighted by Crippen LogP contribution is -2.45. The van der Waals surface area contributed by atoms with E-state index in [-0.39, 0.29) is 11.3 Å². The van der Waals surface area contributed by atoms with Crippen molar-refractivity contribution in [1.82, 2.24) is 4.90 Å². The van der Waals surface area contributed by atoms with Gasteiger partial charge in [0.05, 0.1) is 6.04 Å². The van der Waals surface area contributed by atoms with Crippen LogP contribution in [0.3, 0.4) is 0 Å². The van der Waals surface area contributed by atoms with Crippen molar-refractivity contribution in [3.8, 4) is 0 Å². The summed E-state index contributed by atoms with van der Waals surface area (Å²) in [7, 11) is 1.82. The van der Waals surface area contributed by atoms with Gasteiger partial charge in [-0.2, -0.15) is 0 Å². The lowest BCUT2D eigenvalue weighted by molar-refractivity contribution is -0.132. The molecule has 1 rings (SSSR count). The summed E-state index contributed by atoms with van der Waals surface area (Å²) in [6.07, 6.45) is 0.591. The predicted molar refractivity (Wildman–Crippen MR) is 75.2 cm³/mol. The minimum atomic E-state index is -0.459. The SMILES string of the molecule is CN(CC(C)(C)C)C(=O)[C@H](N)Cc1ccccc1. The molecule has 3 heteroatoms. The number of carbonyl (C=O) groups is 1. The first-order chi connectivity index (χ1) is 8.29. The summed E-state index contributed by atoms with van der Waals surface area (Å²) in [5, 5.41) is 0. The third-order valence-electron chi connectivity index (χ3n) is 2.70. The van der Waals surface area contributed by atoms with Crippen LogP contribution in [0.25, 0.3) is 0 Å². The zero-order valence-electron chi connectivity index (χ0n) is 11.8. The van der Waals surface area contributed by atoms with Gasteiger partial charge in [0.2, 0.25) is 5.91 Å². The Labute approximate surface area is 110 Å². The number of likely N-dealkylation sites (N-methyl/N-ethyl adjacent to an activating group) is 1. The third-order valence-corrected chi connectivity index (χ3v) is 2.70. The highest BCUT2D eigenvalue weighted by atomic mass is 16.2. The van der Waals surface area contributed by atoms with Crippen molar-refractivity contribution >= 4 is 5.91 Å². The largest absolute Gasteiger partial charge is 0.344 e. The molecule has 0 radical (unpaired) electrons. The van der Waals surface area contributed by atoms with Crippen molar-refractivity contribution < 1.29 is 4.79 Å². The highest BCUT2D eigenvalue weighted by Gasteiger charge is 2.22. The van der Waals surface area contributed by atoms with Crippen molar-refractivity contribution in [3.63, 3.8) is 0 Å².